The van der Waals surface area contributed by atoms with E-state index in [1.165, 1.54) is 50.6 Å². The van der Waals surface area contributed by atoms with Crippen molar-refractivity contribution < 1.29 is 4.79 Å². The summed E-state index contributed by atoms with van der Waals surface area (Å²) in [6, 6.07) is 6.45. The number of rotatable bonds is 3. The molecule has 3 fully saturated rings. The summed E-state index contributed by atoms with van der Waals surface area (Å²) in [6.45, 7) is 4.11. The fourth-order valence-electron chi connectivity index (χ4n) is 4.44. The van der Waals surface area contributed by atoms with E-state index in [0.717, 1.165) is 44.7 Å². The maximum absolute atomic E-state index is 10.6. The minimum Gasteiger partial charge on any atom is -0.369 e. The highest BCUT2D eigenvalue weighted by molar-refractivity contribution is 5.76. The van der Waals surface area contributed by atoms with Crippen LogP contribution in [-0.2, 0) is 4.79 Å². The molecule has 3 heterocycles. The molecule has 5 rings (SSSR count). The maximum Gasteiger partial charge on any atom is 0.220 e. The Morgan fingerprint density at radius 1 is 0.909 bits per heavy atom. The molecule has 8 heteroatoms. The number of nitrogens with two attached hydrogens (primary N) is 2. The SMILES string of the molecule is NC(=O)C1CCCCC1.NC1CCCC1.c1cnc(-c2cc(N3CCNCC3)ccn2)nc1. The molecule has 1 aliphatic heterocycles. The average Bonchev–Trinajstić information content (AvgIpc) is 3.37. The van der Waals surface area contributed by atoms with Gasteiger partial charge >= 0.3 is 0 Å². The molecular formula is C25H39N7O. The van der Waals surface area contributed by atoms with Gasteiger partial charge < -0.3 is 21.7 Å². The summed E-state index contributed by atoms with van der Waals surface area (Å²) in [5.74, 6) is 0.767. The molecule has 1 saturated heterocycles. The number of amides is 1. The predicted molar refractivity (Wildman–Crippen MR) is 133 cm³/mol. The monoisotopic (exact) mass is 453 g/mol. The first-order valence-corrected chi connectivity index (χ1v) is 12.4. The van der Waals surface area contributed by atoms with Gasteiger partial charge in [0.1, 0.15) is 5.69 Å². The number of hydrogen-bond donors (Lipinski definition) is 3. The van der Waals surface area contributed by atoms with Crippen molar-refractivity contribution >= 4 is 11.6 Å². The standard InChI is InChI=1S/C13H15N5.C7H13NO.C5H11N/c1-3-16-13(17-4-1)12-10-11(2-5-15-12)18-8-6-14-7-9-18;8-7(9)6-4-2-1-3-5-6;6-5-3-1-2-4-5/h1-5,10,14H,6-9H2;6H,1-5H2,(H2,8,9);5H,1-4,6H2. The van der Waals surface area contributed by atoms with E-state index in [0.29, 0.717) is 11.9 Å². The molecule has 180 valence electrons. The Morgan fingerprint density at radius 2 is 1.55 bits per heavy atom. The summed E-state index contributed by atoms with van der Waals surface area (Å²) in [4.78, 5) is 25.7. The zero-order valence-corrected chi connectivity index (χ0v) is 19.7. The number of nitrogens with zero attached hydrogens (tertiary/aromatic N) is 4. The summed E-state index contributed by atoms with van der Waals surface area (Å²) >= 11 is 0. The Bertz CT molecular complexity index is 815. The Hall–Kier alpha value is -2.58. The van der Waals surface area contributed by atoms with Crippen molar-refractivity contribution in [3.8, 4) is 11.5 Å². The van der Waals surface area contributed by atoms with Gasteiger partial charge in [0.05, 0.1) is 0 Å². The van der Waals surface area contributed by atoms with E-state index in [2.05, 4.69) is 31.2 Å². The number of aromatic nitrogens is 3. The van der Waals surface area contributed by atoms with Gasteiger partial charge in [0.25, 0.3) is 0 Å². The average molecular weight is 454 g/mol. The Kier molecular flexibility index (Phi) is 10.5. The molecule has 0 aromatic carbocycles. The lowest BCUT2D eigenvalue weighted by atomic mass is 9.89. The predicted octanol–water partition coefficient (Wildman–Crippen LogP) is 2.89. The molecule has 0 bridgehead atoms. The van der Waals surface area contributed by atoms with Gasteiger partial charge in [-0.05, 0) is 43.9 Å². The van der Waals surface area contributed by atoms with Gasteiger partial charge in [0.2, 0.25) is 5.91 Å². The smallest absolute Gasteiger partial charge is 0.220 e. The van der Waals surface area contributed by atoms with Crippen LogP contribution in [-0.4, -0.2) is 53.1 Å². The number of hydrogen-bond acceptors (Lipinski definition) is 7. The summed E-state index contributed by atoms with van der Waals surface area (Å²) < 4.78 is 0. The third-order valence-corrected chi connectivity index (χ3v) is 6.43. The quantitative estimate of drug-likeness (QED) is 0.653. The molecule has 2 aromatic heterocycles. The summed E-state index contributed by atoms with van der Waals surface area (Å²) in [7, 11) is 0. The largest absolute Gasteiger partial charge is 0.369 e. The van der Waals surface area contributed by atoms with E-state index >= 15 is 0 Å². The molecule has 0 spiro atoms. The maximum atomic E-state index is 10.6. The first-order valence-electron chi connectivity index (χ1n) is 12.4. The number of piperazine rings is 1. The fraction of sp³-hybridized carbons (Fsp3) is 0.600. The summed E-state index contributed by atoms with van der Waals surface area (Å²) in [6.07, 6.45) is 16.3. The van der Waals surface area contributed by atoms with Gasteiger partial charge in [-0.25, -0.2) is 9.97 Å². The van der Waals surface area contributed by atoms with Crippen LogP contribution in [0.4, 0.5) is 5.69 Å². The summed E-state index contributed by atoms with van der Waals surface area (Å²) in [5, 5.41) is 3.35. The fourth-order valence-corrected chi connectivity index (χ4v) is 4.44. The van der Waals surface area contributed by atoms with E-state index in [4.69, 9.17) is 11.5 Å². The first kappa shape index (κ1) is 25.1. The van der Waals surface area contributed by atoms with Crippen molar-refractivity contribution in [2.24, 2.45) is 17.4 Å². The minimum atomic E-state index is -0.102. The van der Waals surface area contributed by atoms with Crippen LogP contribution >= 0.6 is 0 Å². The van der Waals surface area contributed by atoms with Crippen molar-refractivity contribution in [2.75, 3.05) is 31.1 Å². The van der Waals surface area contributed by atoms with E-state index in [-0.39, 0.29) is 11.8 Å². The van der Waals surface area contributed by atoms with Crippen LogP contribution in [0, 0.1) is 5.92 Å². The number of primary amides is 1. The molecule has 0 radical (unpaired) electrons. The van der Waals surface area contributed by atoms with Crippen LogP contribution in [0.15, 0.2) is 36.8 Å². The van der Waals surface area contributed by atoms with Crippen LogP contribution in [0.3, 0.4) is 0 Å². The van der Waals surface area contributed by atoms with E-state index < -0.39 is 0 Å². The van der Waals surface area contributed by atoms with Gasteiger partial charge in [-0.1, -0.05) is 32.1 Å². The van der Waals surface area contributed by atoms with Crippen molar-refractivity contribution in [1.82, 2.24) is 20.3 Å². The molecule has 2 aliphatic carbocycles. The molecule has 5 N–H and O–H groups in total. The molecule has 8 nitrogen and oxygen atoms in total. The second-order valence-electron chi connectivity index (χ2n) is 8.99. The van der Waals surface area contributed by atoms with Crippen molar-refractivity contribution in [3.05, 3.63) is 36.8 Å². The molecule has 0 atom stereocenters. The van der Waals surface area contributed by atoms with E-state index in [9.17, 15) is 4.79 Å². The Labute approximate surface area is 197 Å². The highest BCUT2D eigenvalue weighted by Crippen LogP contribution is 2.23. The first-order chi connectivity index (χ1) is 16.1. The molecule has 3 aliphatic rings. The second-order valence-corrected chi connectivity index (χ2v) is 8.99. The van der Waals surface area contributed by atoms with Crippen molar-refractivity contribution in [1.29, 1.82) is 0 Å². The van der Waals surface area contributed by atoms with Crippen LogP contribution in [0.5, 0.6) is 0 Å². The highest BCUT2D eigenvalue weighted by Gasteiger charge is 2.17. The lowest BCUT2D eigenvalue weighted by Crippen LogP contribution is -2.43. The lowest BCUT2D eigenvalue weighted by molar-refractivity contribution is -0.122. The van der Waals surface area contributed by atoms with Gasteiger partial charge in [-0.15, -0.1) is 0 Å². The van der Waals surface area contributed by atoms with Crippen LogP contribution in [0.25, 0.3) is 11.5 Å². The molecule has 0 unspecified atom stereocenters. The normalized spacial score (nSPS) is 19.1. The Balaban J connectivity index is 0.000000169. The molecule has 1 amide bonds. The van der Waals surface area contributed by atoms with Gasteiger partial charge in [-0.2, -0.15) is 0 Å². The van der Waals surface area contributed by atoms with Crippen LogP contribution in [0.1, 0.15) is 57.8 Å². The van der Waals surface area contributed by atoms with E-state index in [1.54, 1.807) is 12.4 Å². The van der Waals surface area contributed by atoms with Crippen molar-refractivity contribution in [2.45, 2.75) is 63.8 Å². The van der Waals surface area contributed by atoms with Crippen molar-refractivity contribution in [3.63, 3.8) is 0 Å². The molecular weight excluding hydrogens is 414 g/mol. The number of nitrogens with one attached hydrogen (secondary N) is 1. The zero-order chi connectivity index (χ0) is 23.3. The van der Waals surface area contributed by atoms with Crippen LogP contribution in [0.2, 0.25) is 0 Å². The highest BCUT2D eigenvalue weighted by atomic mass is 16.1. The van der Waals surface area contributed by atoms with Crippen LogP contribution < -0.4 is 21.7 Å². The zero-order valence-electron chi connectivity index (χ0n) is 19.7. The van der Waals surface area contributed by atoms with Gasteiger partial charge in [0.15, 0.2) is 5.82 Å². The van der Waals surface area contributed by atoms with Gasteiger partial charge in [-0.3, -0.25) is 9.78 Å². The minimum absolute atomic E-state index is 0.102. The summed E-state index contributed by atoms with van der Waals surface area (Å²) in [5.41, 5.74) is 12.7. The third-order valence-electron chi connectivity index (χ3n) is 6.43. The van der Waals surface area contributed by atoms with E-state index in [1.807, 2.05) is 18.3 Å². The Morgan fingerprint density at radius 3 is 2.09 bits per heavy atom. The topological polar surface area (TPSA) is 123 Å². The number of carbonyl (C=O) groups is 1. The van der Waals surface area contributed by atoms with Gasteiger partial charge in [0, 0.05) is 62.4 Å². The number of carbonyl (C=O) groups excluding carboxylic acids is 1. The molecule has 2 aromatic rings. The molecule has 33 heavy (non-hydrogen) atoms. The second kappa shape index (κ2) is 13.9. The third kappa shape index (κ3) is 8.70. The number of anilines is 1. The lowest BCUT2D eigenvalue weighted by Gasteiger charge is -2.29. The molecule has 2 saturated carbocycles. The number of pyridine rings is 1.